The Labute approximate surface area is 299 Å². The molecule has 6 nitrogen and oxygen atoms in total. The van der Waals surface area contributed by atoms with Crippen LogP contribution in [0.4, 0.5) is 11.4 Å². The molecule has 0 fully saturated rings. The second kappa shape index (κ2) is 14.8. The molecule has 6 aromatic rings. The first-order valence-electron chi connectivity index (χ1n) is 17.5. The summed E-state index contributed by atoms with van der Waals surface area (Å²) in [6.45, 7) is 5.40. The van der Waals surface area contributed by atoms with Crippen molar-refractivity contribution in [3.05, 3.63) is 179 Å². The molecule has 2 amide bonds. The Balaban J connectivity index is 1.19. The summed E-state index contributed by atoms with van der Waals surface area (Å²) >= 11 is 0. The highest BCUT2D eigenvalue weighted by Crippen LogP contribution is 2.56. The van der Waals surface area contributed by atoms with Gasteiger partial charge in [-0.1, -0.05) is 86.6 Å². The molecule has 1 aliphatic rings. The Hall–Kier alpha value is -6.14. The van der Waals surface area contributed by atoms with Gasteiger partial charge in [0.1, 0.15) is 11.5 Å². The van der Waals surface area contributed by atoms with Crippen LogP contribution in [0.25, 0.3) is 11.1 Å². The van der Waals surface area contributed by atoms with Crippen LogP contribution < -0.4 is 20.1 Å². The molecular formula is C45H40N2O4. The van der Waals surface area contributed by atoms with Gasteiger partial charge in [0.25, 0.3) is 11.8 Å². The maximum absolute atomic E-state index is 13.2. The average molecular weight is 673 g/mol. The van der Waals surface area contributed by atoms with Crippen LogP contribution in [0.3, 0.4) is 0 Å². The van der Waals surface area contributed by atoms with E-state index in [2.05, 4.69) is 97.3 Å². The third-order valence-electron chi connectivity index (χ3n) is 9.28. The minimum Gasteiger partial charge on any atom is -0.494 e. The van der Waals surface area contributed by atoms with E-state index in [1.54, 1.807) is 24.3 Å². The van der Waals surface area contributed by atoms with E-state index in [1.807, 2.05) is 48.5 Å². The molecule has 0 saturated heterocycles. The quantitative estimate of drug-likeness (QED) is 0.135. The number of anilines is 2. The highest BCUT2D eigenvalue weighted by molar-refractivity contribution is 6.05. The van der Waals surface area contributed by atoms with E-state index in [1.165, 1.54) is 22.3 Å². The smallest absolute Gasteiger partial charge is 0.255 e. The van der Waals surface area contributed by atoms with Gasteiger partial charge in [0, 0.05) is 22.5 Å². The van der Waals surface area contributed by atoms with E-state index < -0.39 is 5.41 Å². The number of carbonyl (C=O) groups is 2. The van der Waals surface area contributed by atoms with Crippen molar-refractivity contribution < 1.29 is 19.1 Å². The largest absolute Gasteiger partial charge is 0.494 e. The Morgan fingerprint density at radius 2 is 0.863 bits per heavy atom. The Kier molecular flexibility index (Phi) is 9.66. The van der Waals surface area contributed by atoms with Crippen molar-refractivity contribution in [1.29, 1.82) is 0 Å². The van der Waals surface area contributed by atoms with Crippen LogP contribution in [0.1, 0.15) is 69.7 Å². The lowest BCUT2D eigenvalue weighted by atomic mass is 9.67. The summed E-state index contributed by atoms with van der Waals surface area (Å²) in [7, 11) is 0. The van der Waals surface area contributed by atoms with E-state index in [4.69, 9.17) is 9.47 Å². The number of benzene rings is 6. The predicted molar refractivity (Wildman–Crippen MR) is 204 cm³/mol. The molecule has 254 valence electrons. The first-order valence-corrected chi connectivity index (χ1v) is 17.5. The third-order valence-corrected chi connectivity index (χ3v) is 9.28. The lowest BCUT2D eigenvalue weighted by Gasteiger charge is -2.34. The van der Waals surface area contributed by atoms with E-state index in [0.717, 1.165) is 35.5 Å². The van der Waals surface area contributed by atoms with Crippen molar-refractivity contribution in [2.45, 2.75) is 32.1 Å². The van der Waals surface area contributed by atoms with E-state index >= 15 is 0 Å². The fourth-order valence-electron chi connectivity index (χ4n) is 6.88. The molecule has 0 unspecified atom stereocenters. The van der Waals surface area contributed by atoms with Gasteiger partial charge in [-0.05, 0) is 119 Å². The fourth-order valence-corrected chi connectivity index (χ4v) is 6.88. The number of hydrogen-bond acceptors (Lipinski definition) is 4. The van der Waals surface area contributed by atoms with Crippen LogP contribution in [-0.4, -0.2) is 25.0 Å². The second-order valence-corrected chi connectivity index (χ2v) is 12.6. The number of rotatable bonds is 12. The van der Waals surface area contributed by atoms with Crippen molar-refractivity contribution in [2.75, 3.05) is 23.8 Å². The number of carbonyl (C=O) groups excluding carboxylic acids is 2. The maximum atomic E-state index is 13.2. The summed E-state index contributed by atoms with van der Waals surface area (Å²) in [4.78, 5) is 26.3. The van der Waals surface area contributed by atoms with Crippen LogP contribution in [-0.2, 0) is 5.41 Å². The van der Waals surface area contributed by atoms with Gasteiger partial charge in [-0.3, -0.25) is 9.59 Å². The van der Waals surface area contributed by atoms with Crippen molar-refractivity contribution in [2.24, 2.45) is 0 Å². The van der Waals surface area contributed by atoms with Crippen LogP contribution >= 0.6 is 0 Å². The number of amides is 2. The monoisotopic (exact) mass is 672 g/mol. The van der Waals surface area contributed by atoms with E-state index in [-0.39, 0.29) is 11.8 Å². The fraction of sp³-hybridized carbons (Fsp3) is 0.156. The summed E-state index contributed by atoms with van der Waals surface area (Å²) in [5.74, 6) is 1.13. The summed E-state index contributed by atoms with van der Waals surface area (Å²) in [6.07, 6.45) is 1.84. The molecule has 0 saturated carbocycles. The average Bonchev–Trinajstić information content (AvgIpc) is 3.48. The van der Waals surface area contributed by atoms with Gasteiger partial charge in [-0.25, -0.2) is 0 Å². The minimum absolute atomic E-state index is 0.186. The van der Waals surface area contributed by atoms with Gasteiger partial charge in [-0.15, -0.1) is 0 Å². The number of ether oxygens (including phenoxy) is 2. The molecule has 0 atom stereocenters. The standard InChI is InChI=1S/C45H40N2O4/c1-3-29-50-37-25-13-31(14-26-37)43(48)46-35-21-17-33(18-22-35)45(41-11-7-5-9-39(41)40-10-6-8-12-42(40)45)34-19-23-36(24-20-34)47-44(49)32-15-27-38(28-16-32)51-30-4-2/h5-28H,3-4,29-30H2,1-2H3,(H,46,48)(H,47,49). The van der Waals surface area contributed by atoms with E-state index in [9.17, 15) is 9.59 Å². The summed E-state index contributed by atoms with van der Waals surface area (Å²) < 4.78 is 11.3. The summed E-state index contributed by atoms with van der Waals surface area (Å²) in [6, 6.07) is 47.7. The molecule has 6 heteroatoms. The summed E-state index contributed by atoms with van der Waals surface area (Å²) in [5.41, 5.74) is 8.75. The normalized spacial score (nSPS) is 12.4. The van der Waals surface area contributed by atoms with Gasteiger partial charge in [-0.2, -0.15) is 0 Å². The molecule has 51 heavy (non-hydrogen) atoms. The topological polar surface area (TPSA) is 76.7 Å². The van der Waals surface area contributed by atoms with Crippen molar-refractivity contribution in [3.8, 4) is 22.6 Å². The van der Waals surface area contributed by atoms with Gasteiger partial charge < -0.3 is 20.1 Å². The molecule has 1 aliphatic carbocycles. The Morgan fingerprint density at radius 3 is 1.24 bits per heavy atom. The maximum Gasteiger partial charge on any atom is 0.255 e. The molecular weight excluding hydrogens is 633 g/mol. The van der Waals surface area contributed by atoms with Gasteiger partial charge in [0.2, 0.25) is 0 Å². The number of nitrogens with one attached hydrogen (secondary N) is 2. The number of hydrogen-bond donors (Lipinski definition) is 2. The zero-order chi connectivity index (χ0) is 35.2. The first kappa shape index (κ1) is 33.4. The Bertz CT molecular complexity index is 1980. The minimum atomic E-state index is -0.624. The summed E-state index contributed by atoms with van der Waals surface area (Å²) in [5, 5.41) is 6.11. The zero-order valence-electron chi connectivity index (χ0n) is 28.8. The van der Waals surface area contributed by atoms with Gasteiger partial charge >= 0.3 is 0 Å². The molecule has 0 bridgehead atoms. The molecule has 2 N–H and O–H groups in total. The Morgan fingerprint density at radius 1 is 0.490 bits per heavy atom. The highest BCUT2D eigenvalue weighted by atomic mass is 16.5. The molecule has 0 radical (unpaired) electrons. The molecule has 0 aromatic heterocycles. The predicted octanol–water partition coefficient (Wildman–Crippen LogP) is 10.1. The molecule has 0 heterocycles. The molecule has 7 rings (SSSR count). The lowest BCUT2D eigenvalue weighted by molar-refractivity contribution is 0.101. The van der Waals surface area contributed by atoms with Crippen LogP contribution in [0, 0.1) is 0 Å². The first-order chi connectivity index (χ1) is 25.0. The van der Waals surface area contributed by atoms with E-state index in [0.29, 0.717) is 35.7 Å². The molecule has 0 aliphatic heterocycles. The van der Waals surface area contributed by atoms with Gasteiger partial charge in [0.05, 0.1) is 18.6 Å². The van der Waals surface area contributed by atoms with Crippen molar-refractivity contribution >= 4 is 23.2 Å². The molecule has 0 spiro atoms. The molecule has 6 aromatic carbocycles. The highest BCUT2D eigenvalue weighted by Gasteiger charge is 2.45. The lowest BCUT2D eigenvalue weighted by Crippen LogP contribution is -2.28. The van der Waals surface area contributed by atoms with Crippen molar-refractivity contribution in [1.82, 2.24) is 0 Å². The van der Waals surface area contributed by atoms with Crippen LogP contribution in [0.15, 0.2) is 146 Å². The van der Waals surface area contributed by atoms with Gasteiger partial charge in [0.15, 0.2) is 0 Å². The van der Waals surface area contributed by atoms with Crippen LogP contribution in [0.5, 0.6) is 11.5 Å². The van der Waals surface area contributed by atoms with Crippen molar-refractivity contribution in [3.63, 3.8) is 0 Å². The van der Waals surface area contributed by atoms with Crippen LogP contribution in [0.2, 0.25) is 0 Å². The third kappa shape index (κ3) is 6.61. The second-order valence-electron chi connectivity index (χ2n) is 12.6. The number of fused-ring (bicyclic) bond motifs is 3. The SMILES string of the molecule is CCCOc1ccc(C(=O)Nc2ccc(C3(c4ccc(NC(=O)c5ccc(OCCC)cc5)cc4)c4ccccc4-c4ccccc43)cc2)cc1. The zero-order valence-corrected chi connectivity index (χ0v) is 28.8.